The number of sulfonamides is 1. The topological polar surface area (TPSA) is 79.6 Å². The van der Waals surface area contributed by atoms with Crippen LogP contribution in [0.1, 0.15) is 50.7 Å². The van der Waals surface area contributed by atoms with Crippen LogP contribution in [0.2, 0.25) is 0 Å². The maximum Gasteiger partial charge on any atom is 0.246 e. The van der Waals surface area contributed by atoms with Crippen LogP contribution in [0.3, 0.4) is 0 Å². The first kappa shape index (κ1) is 19.2. The molecular formula is C19H28N2O4S. The van der Waals surface area contributed by atoms with Crippen LogP contribution in [0.5, 0.6) is 0 Å². The molecule has 0 bridgehead atoms. The van der Waals surface area contributed by atoms with Gasteiger partial charge in [-0.05, 0) is 49.8 Å². The Bertz CT molecular complexity index is 698. The van der Waals surface area contributed by atoms with E-state index in [2.05, 4.69) is 4.72 Å². The molecule has 1 saturated heterocycles. The minimum absolute atomic E-state index is 0.0253. The summed E-state index contributed by atoms with van der Waals surface area (Å²) in [7, 11) is -3.20. The van der Waals surface area contributed by atoms with Gasteiger partial charge >= 0.3 is 0 Å². The summed E-state index contributed by atoms with van der Waals surface area (Å²) in [5.41, 5.74) is 0. The van der Waals surface area contributed by atoms with Crippen molar-refractivity contribution in [3.63, 3.8) is 0 Å². The Kier molecular flexibility index (Phi) is 6.53. The molecule has 1 amide bonds. The molecule has 1 aliphatic carbocycles. The maximum atomic E-state index is 12.4. The highest BCUT2D eigenvalue weighted by Gasteiger charge is 2.28. The molecule has 1 aromatic heterocycles. The molecule has 144 valence electrons. The van der Waals surface area contributed by atoms with Crippen LogP contribution in [-0.2, 0) is 14.8 Å². The number of hydrogen-bond donors (Lipinski definition) is 1. The van der Waals surface area contributed by atoms with Crippen molar-refractivity contribution in [2.75, 3.05) is 19.6 Å². The normalized spacial score (nSPS) is 20.7. The quantitative estimate of drug-likeness (QED) is 0.770. The van der Waals surface area contributed by atoms with Gasteiger partial charge in [-0.2, -0.15) is 0 Å². The molecule has 2 heterocycles. The van der Waals surface area contributed by atoms with Crippen LogP contribution in [0, 0.1) is 5.92 Å². The zero-order valence-corrected chi connectivity index (χ0v) is 15.9. The first-order chi connectivity index (χ1) is 12.5. The summed E-state index contributed by atoms with van der Waals surface area (Å²) in [6, 6.07) is 3.58. The molecule has 0 spiro atoms. The molecule has 0 atom stereocenters. The lowest BCUT2D eigenvalue weighted by atomic mass is 9.97. The Morgan fingerprint density at radius 2 is 1.92 bits per heavy atom. The molecular weight excluding hydrogens is 352 g/mol. The molecule has 1 aromatic rings. The molecule has 2 fully saturated rings. The zero-order valence-electron chi connectivity index (χ0n) is 15.1. The van der Waals surface area contributed by atoms with Gasteiger partial charge in [-0.25, -0.2) is 13.1 Å². The third-order valence-electron chi connectivity index (χ3n) is 5.42. The van der Waals surface area contributed by atoms with Gasteiger partial charge in [-0.3, -0.25) is 4.79 Å². The Morgan fingerprint density at radius 1 is 1.19 bits per heavy atom. The Labute approximate surface area is 155 Å². The summed E-state index contributed by atoms with van der Waals surface area (Å²) in [5.74, 6) is 0.930. The van der Waals surface area contributed by atoms with Crippen LogP contribution in [0.15, 0.2) is 28.9 Å². The molecule has 2 aliphatic rings. The van der Waals surface area contributed by atoms with Gasteiger partial charge in [-0.15, -0.1) is 0 Å². The van der Waals surface area contributed by atoms with E-state index < -0.39 is 10.0 Å². The summed E-state index contributed by atoms with van der Waals surface area (Å²) in [5, 5.41) is -0.218. The number of rotatable bonds is 6. The molecule has 1 N–H and O–H groups in total. The van der Waals surface area contributed by atoms with Crippen LogP contribution in [-0.4, -0.2) is 44.1 Å². The van der Waals surface area contributed by atoms with Gasteiger partial charge in [0.2, 0.25) is 15.9 Å². The lowest BCUT2D eigenvalue weighted by molar-refractivity contribution is -0.127. The SMILES string of the molecule is O=C(/C=C/c1ccco1)N1CCC(CNS(=O)(=O)C2CCCCC2)CC1. The van der Waals surface area contributed by atoms with E-state index >= 15 is 0 Å². The number of amides is 1. The molecule has 3 rings (SSSR count). The third-order valence-corrected chi connectivity index (χ3v) is 7.34. The Morgan fingerprint density at radius 3 is 2.58 bits per heavy atom. The number of nitrogens with one attached hydrogen (secondary N) is 1. The van der Waals surface area contributed by atoms with Crippen LogP contribution in [0.25, 0.3) is 6.08 Å². The second-order valence-corrected chi connectivity index (χ2v) is 9.32. The molecule has 0 unspecified atom stereocenters. The molecule has 7 heteroatoms. The summed E-state index contributed by atoms with van der Waals surface area (Å²) in [6.07, 6.45) is 11.2. The first-order valence-corrected chi connectivity index (χ1v) is 11.1. The highest BCUT2D eigenvalue weighted by molar-refractivity contribution is 7.90. The molecule has 1 saturated carbocycles. The van der Waals surface area contributed by atoms with Crippen molar-refractivity contribution in [3.05, 3.63) is 30.2 Å². The van der Waals surface area contributed by atoms with Crippen molar-refractivity contribution in [1.82, 2.24) is 9.62 Å². The molecule has 0 radical (unpaired) electrons. The van der Waals surface area contributed by atoms with Crippen molar-refractivity contribution in [2.45, 2.75) is 50.2 Å². The zero-order chi connectivity index (χ0) is 18.4. The van der Waals surface area contributed by atoms with E-state index in [4.69, 9.17) is 4.42 Å². The van der Waals surface area contributed by atoms with Gasteiger partial charge in [0.05, 0.1) is 11.5 Å². The average molecular weight is 381 g/mol. The van der Waals surface area contributed by atoms with E-state index in [9.17, 15) is 13.2 Å². The predicted octanol–water partition coefficient (Wildman–Crippen LogP) is 2.78. The maximum absolute atomic E-state index is 12.4. The fraction of sp³-hybridized carbons (Fsp3) is 0.632. The van der Waals surface area contributed by atoms with Gasteiger partial charge < -0.3 is 9.32 Å². The Hall–Kier alpha value is -1.60. The summed E-state index contributed by atoms with van der Waals surface area (Å²) >= 11 is 0. The van der Waals surface area contributed by atoms with Gasteiger partial charge in [0, 0.05) is 25.7 Å². The number of nitrogens with zero attached hydrogens (tertiary/aromatic N) is 1. The second kappa shape index (κ2) is 8.86. The fourth-order valence-electron chi connectivity index (χ4n) is 3.73. The van der Waals surface area contributed by atoms with Crippen LogP contribution >= 0.6 is 0 Å². The number of carbonyl (C=O) groups is 1. The lowest BCUT2D eigenvalue weighted by Gasteiger charge is -2.32. The van der Waals surface area contributed by atoms with Gasteiger partial charge in [0.15, 0.2) is 0 Å². The number of carbonyl (C=O) groups excluding carboxylic acids is 1. The minimum atomic E-state index is -3.20. The van der Waals surface area contributed by atoms with Crippen molar-refractivity contribution in [1.29, 1.82) is 0 Å². The number of furan rings is 1. The van der Waals surface area contributed by atoms with E-state index in [-0.39, 0.29) is 11.2 Å². The molecule has 0 aromatic carbocycles. The predicted molar refractivity (Wildman–Crippen MR) is 101 cm³/mol. The van der Waals surface area contributed by atoms with Crippen molar-refractivity contribution in [3.8, 4) is 0 Å². The standard InChI is InChI=1S/C19H28N2O4S/c22-19(9-8-17-5-4-14-25-17)21-12-10-16(11-13-21)15-20-26(23,24)18-6-2-1-3-7-18/h4-5,8-9,14,16,18,20H,1-3,6-7,10-13,15H2/b9-8+. The second-order valence-electron chi connectivity index (χ2n) is 7.27. The molecule has 6 nitrogen and oxygen atoms in total. The van der Waals surface area contributed by atoms with Crippen molar-refractivity contribution >= 4 is 22.0 Å². The third kappa shape index (κ3) is 5.20. The fourth-order valence-corrected chi connectivity index (χ4v) is 5.39. The van der Waals surface area contributed by atoms with Crippen molar-refractivity contribution in [2.24, 2.45) is 5.92 Å². The van der Waals surface area contributed by atoms with E-state index in [1.165, 1.54) is 6.08 Å². The Balaban J connectivity index is 1.41. The van der Waals surface area contributed by atoms with Crippen LogP contribution in [0.4, 0.5) is 0 Å². The molecule has 26 heavy (non-hydrogen) atoms. The summed E-state index contributed by atoms with van der Waals surface area (Å²) in [6.45, 7) is 1.82. The average Bonchev–Trinajstić information content (AvgIpc) is 3.19. The first-order valence-electron chi connectivity index (χ1n) is 9.53. The van der Waals surface area contributed by atoms with E-state index in [1.807, 2.05) is 4.90 Å². The number of piperidine rings is 1. The largest absolute Gasteiger partial charge is 0.465 e. The van der Waals surface area contributed by atoms with Gasteiger partial charge in [0.25, 0.3) is 0 Å². The van der Waals surface area contributed by atoms with Gasteiger partial charge in [-0.1, -0.05) is 19.3 Å². The summed E-state index contributed by atoms with van der Waals surface area (Å²) < 4.78 is 32.8. The van der Waals surface area contributed by atoms with E-state index in [1.54, 1.807) is 24.5 Å². The molecule has 1 aliphatic heterocycles. The number of hydrogen-bond acceptors (Lipinski definition) is 4. The van der Waals surface area contributed by atoms with Crippen molar-refractivity contribution < 1.29 is 17.6 Å². The smallest absolute Gasteiger partial charge is 0.246 e. The monoisotopic (exact) mass is 380 g/mol. The van der Waals surface area contributed by atoms with E-state index in [0.717, 1.165) is 44.9 Å². The van der Waals surface area contributed by atoms with Gasteiger partial charge in [0.1, 0.15) is 5.76 Å². The highest BCUT2D eigenvalue weighted by Crippen LogP contribution is 2.24. The summed E-state index contributed by atoms with van der Waals surface area (Å²) in [4.78, 5) is 14.0. The highest BCUT2D eigenvalue weighted by atomic mass is 32.2. The van der Waals surface area contributed by atoms with Crippen LogP contribution < -0.4 is 4.72 Å². The minimum Gasteiger partial charge on any atom is -0.465 e. The van der Waals surface area contributed by atoms with E-state index in [0.29, 0.717) is 31.3 Å². The number of likely N-dealkylation sites (tertiary alicyclic amines) is 1. The lowest BCUT2D eigenvalue weighted by Crippen LogP contribution is -2.43.